The van der Waals surface area contributed by atoms with Crippen LogP contribution in [0.25, 0.3) is 10.9 Å². The standard InChI is InChI=1S/C29H33ClN8O3S/c1-14-9-16(15(2)31-20-7-8-22(30)32-26(20)27(39)35-42-6)25-17(10-14)28(40)36(3)29(33-25)38-12-18-19(13-38)24(18)21-11-23(41-5)34-37(21)4/h7-11,15,18-19,24,31H,12-13H2,1-6H3,(H,35,39). The van der Waals surface area contributed by atoms with E-state index in [1.54, 1.807) is 37.1 Å². The SMILES string of the molecule is COc1cc(C2C3CN(c4nc5c(C(C)Nc6ccc(Cl)nc6C(=O)NSC)cc(C)cc5c(=O)n4C)CC32)n(C)n1. The van der Waals surface area contributed by atoms with Gasteiger partial charge in [0.1, 0.15) is 5.15 Å². The van der Waals surface area contributed by atoms with Crippen molar-refractivity contribution in [2.75, 3.05) is 36.7 Å². The molecular weight excluding hydrogens is 576 g/mol. The number of piperidine rings is 1. The van der Waals surface area contributed by atoms with E-state index < -0.39 is 0 Å². The minimum atomic E-state index is -0.349. The highest BCUT2D eigenvalue weighted by atomic mass is 35.5. The van der Waals surface area contributed by atoms with E-state index in [-0.39, 0.29) is 28.4 Å². The zero-order valence-electron chi connectivity index (χ0n) is 24.3. The van der Waals surface area contributed by atoms with Crippen LogP contribution in [0.1, 0.15) is 46.2 Å². The summed E-state index contributed by atoms with van der Waals surface area (Å²) in [6, 6.07) is 9.03. The van der Waals surface area contributed by atoms with Crippen LogP contribution >= 0.6 is 23.5 Å². The second-order valence-electron chi connectivity index (χ2n) is 11.1. The van der Waals surface area contributed by atoms with E-state index in [4.69, 9.17) is 21.3 Å². The number of ether oxygens (including phenoxy) is 1. The van der Waals surface area contributed by atoms with Crippen LogP contribution in [-0.4, -0.2) is 56.7 Å². The Morgan fingerprint density at radius 2 is 1.90 bits per heavy atom. The lowest BCUT2D eigenvalue weighted by atomic mass is 10.0. The molecule has 3 unspecified atom stereocenters. The van der Waals surface area contributed by atoms with Crippen molar-refractivity contribution in [3.8, 4) is 5.88 Å². The average molecular weight is 609 g/mol. The molecule has 0 bridgehead atoms. The number of carbonyl (C=O) groups excluding carboxylic acids is 1. The third-order valence-electron chi connectivity index (χ3n) is 8.36. The molecule has 4 heterocycles. The number of aromatic nitrogens is 5. The van der Waals surface area contributed by atoms with E-state index in [1.807, 2.05) is 43.8 Å². The topological polar surface area (TPSA) is 119 Å². The number of hydrogen-bond acceptors (Lipinski definition) is 9. The first-order chi connectivity index (χ1) is 20.1. The normalized spacial score (nSPS) is 20.0. The number of hydrogen-bond donors (Lipinski definition) is 2. The smallest absolute Gasteiger partial charge is 0.281 e. The molecule has 2 N–H and O–H groups in total. The summed E-state index contributed by atoms with van der Waals surface area (Å²) in [6.07, 6.45) is 1.76. The fourth-order valence-electron chi connectivity index (χ4n) is 6.33. The van der Waals surface area contributed by atoms with Crippen LogP contribution in [0.4, 0.5) is 11.6 Å². The lowest BCUT2D eigenvalue weighted by molar-refractivity contribution is 0.0980. The van der Waals surface area contributed by atoms with Gasteiger partial charge in [0.2, 0.25) is 11.8 Å². The summed E-state index contributed by atoms with van der Waals surface area (Å²) in [5, 5.41) is 8.63. The van der Waals surface area contributed by atoms with Crippen molar-refractivity contribution in [1.29, 1.82) is 0 Å². The number of amides is 1. The summed E-state index contributed by atoms with van der Waals surface area (Å²) < 4.78 is 11.6. The van der Waals surface area contributed by atoms with Crippen LogP contribution in [0.3, 0.4) is 0 Å². The predicted molar refractivity (Wildman–Crippen MR) is 166 cm³/mol. The van der Waals surface area contributed by atoms with E-state index >= 15 is 0 Å². The molecule has 1 amide bonds. The summed E-state index contributed by atoms with van der Waals surface area (Å²) in [5.41, 5.74) is 4.28. The van der Waals surface area contributed by atoms with Crippen molar-refractivity contribution in [3.05, 3.63) is 68.4 Å². The number of rotatable bonds is 8. The van der Waals surface area contributed by atoms with Gasteiger partial charge in [0.25, 0.3) is 11.5 Å². The fraction of sp³-hybridized carbons (Fsp3) is 0.414. The number of benzene rings is 1. The second kappa shape index (κ2) is 10.8. The van der Waals surface area contributed by atoms with Gasteiger partial charge in [-0.25, -0.2) is 9.97 Å². The zero-order chi connectivity index (χ0) is 29.9. The van der Waals surface area contributed by atoms with Crippen molar-refractivity contribution >= 4 is 52.0 Å². The quantitative estimate of drug-likeness (QED) is 0.225. The molecule has 220 valence electrons. The van der Waals surface area contributed by atoms with Gasteiger partial charge in [-0.1, -0.05) is 29.6 Å². The molecule has 42 heavy (non-hydrogen) atoms. The van der Waals surface area contributed by atoms with Crippen molar-refractivity contribution in [1.82, 2.24) is 29.0 Å². The van der Waals surface area contributed by atoms with Crippen LogP contribution in [0.15, 0.2) is 35.1 Å². The average Bonchev–Trinajstić information content (AvgIpc) is 3.26. The highest BCUT2D eigenvalue weighted by Gasteiger charge is 2.58. The van der Waals surface area contributed by atoms with Crippen LogP contribution in [0.5, 0.6) is 5.88 Å². The van der Waals surface area contributed by atoms with E-state index in [2.05, 4.69) is 25.0 Å². The molecule has 6 rings (SSSR count). The lowest BCUT2D eigenvalue weighted by Crippen LogP contribution is -2.32. The van der Waals surface area contributed by atoms with Crippen LogP contribution < -0.4 is 25.2 Å². The molecular formula is C29H33ClN8O3S. The van der Waals surface area contributed by atoms with E-state index in [9.17, 15) is 9.59 Å². The molecule has 0 radical (unpaired) electrons. The summed E-state index contributed by atoms with van der Waals surface area (Å²) in [5.74, 6) is 2.31. The zero-order valence-corrected chi connectivity index (χ0v) is 25.9. The Bertz CT molecular complexity index is 1760. The fourth-order valence-corrected chi connectivity index (χ4v) is 6.76. The summed E-state index contributed by atoms with van der Waals surface area (Å²) in [7, 11) is 5.37. The third-order valence-corrected chi connectivity index (χ3v) is 8.96. The van der Waals surface area contributed by atoms with Crippen LogP contribution in [0, 0.1) is 18.8 Å². The number of methoxy groups -OCH3 is 1. The number of carbonyl (C=O) groups is 1. The number of aryl methyl sites for hydroxylation is 2. The maximum Gasteiger partial charge on any atom is 0.281 e. The number of halogens is 1. The Labute approximate surface area is 252 Å². The van der Waals surface area contributed by atoms with E-state index in [0.29, 0.717) is 46.2 Å². The number of pyridine rings is 1. The molecule has 13 heteroatoms. The Balaban J connectivity index is 1.32. The number of nitrogens with zero attached hydrogens (tertiary/aromatic N) is 6. The van der Waals surface area contributed by atoms with Gasteiger partial charge >= 0.3 is 0 Å². The van der Waals surface area contributed by atoms with E-state index in [1.165, 1.54) is 17.6 Å². The van der Waals surface area contributed by atoms with E-state index in [0.717, 1.165) is 24.2 Å². The first-order valence-electron chi connectivity index (χ1n) is 13.7. The van der Waals surface area contributed by atoms with Gasteiger partial charge in [0.05, 0.1) is 29.7 Å². The predicted octanol–water partition coefficient (Wildman–Crippen LogP) is 4.06. The molecule has 1 saturated carbocycles. The largest absolute Gasteiger partial charge is 0.480 e. The molecule has 4 aromatic rings. The summed E-state index contributed by atoms with van der Waals surface area (Å²) in [6.45, 7) is 5.57. The van der Waals surface area contributed by atoms with Gasteiger partial charge in [0.15, 0.2) is 5.69 Å². The van der Waals surface area contributed by atoms with Crippen LogP contribution in [0.2, 0.25) is 5.15 Å². The molecule has 11 nitrogen and oxygen atoms in total. The highest BCUT2D eigenvalue weighted by molar-refractivity contribution is 7.97. The summed E-state index contributed by atoms with van der Waals surface area (Å²) >= 11 is 7.30. The van der Waals surface area contributed by atoms with Crippen molar-refractivity contribution in [2.45, 2.75) is 25.8 Å². The molecule has 1 aliphatic carbocycles. The van der Waals surface area contributed by atoms with Gasteiger partial charge < -0.3 is 15.0 Å². The maximum atomic E-state index is 13.7. The first-order valence-corrected chi connectivity index (χ1v) is 15.3. The Kier molecular flexibility index (Phi) is 7.30. The van der Waals surface area contributed by atoms with Crippen molar-refractivity contribution in [2.24, 2.45) is 25.9 Å². The van der Waals surface area contributed by atoms with Gasteiger partial charge in [-0.2, -0.15) is 0 Å². The number of fused-ring (bicyclic) bond motifs is 2. The Morgan fingerprint density at radius 3 is 2.57 bits per heavy atom. The molecule has 2 fully saturated rings. The van der Waals surface area contributed by atoms with Gasteiger partial charge in [-0.3, -0.25) is 23.6 Å². The van der Waals surface area contributed by atoms with Gasteiger partial charge in [-0.15, -0.1) is 5.10 Å². The Hall–Kier alpha value is -3.77. The van der Waals surface area contributed by atoms with Gasteiger partial charge in [0, 0.05) is 56.7 Å². The minimum absolute atomic E-state index is 0.0890. The molecule has 3 atom stereocenters. The minimum Gasteiger partial charge on any atom is -0.480 e. The molecule has 0 spiro atoms. The Morgan fingerprint density at radius 1 is 1.17 bits per heavy atom. The highest BCUT2D eigenvalue weighted by Crippen LogP contribution is 2.58. The molecule has 3 aromatic heterocycles. The second-order valence-corrected chi connectivity index (χ2v) is 12.1. The van der Waals surface area contributed by atoms with Crippen LogP contribution in [-0.2, 0) is 14.1 Å². The molecule has 1 aromatic carbocycles. The first kappa shape index (κ1) is 28.4. The third kappa shape index (κ3) is 4.86. The number of nitrogens with one attached hydrogen (secondary N) is 2. The maximum absolute atomic E-state index is 13.7. The number of anilines is 2. The molecule has 1 saturated heterocycles. The molecule has 2 aliphatic rings. The van der Waals surface area contributed by atoms with Crippen molar-refractivity contribution < 1.29 is 9.53 Å². The lowest BCUT2D eigenvalue weighted by Gasteiger charge is -2.25. The van der Waals surface area contributed by atoms with Crippen molar-refractivity contribution in [3.63, 3.8) is 0 Å². The molecule has 1 aliphatic heterocycles. The van der Waals surface area contributed by atoms with Gasteiger partial charge in [-0.05, 0) is 49.4 Å². The monoisotopic (exact) mass is 608 g/mol. The summed E-state index contributed by atoms with van der Waals surface area (Å²) in [4.78, 5) is 37.9.